The molecule has 0 aliphatic carbocycles. The monoisotopic (exact) mass is 312 g/mol. The Morgan fingerprint density at radius 2 is 1.91 bits per heavy atom. The molecule has 2 rings (SSSR count). The minimum atomic E-state index is -1.21. The van der Waals surface area contributed by atoms with Crippen molar-refractivity contribution in [2.24, 2.45) is 0 Å². The number of halogens is 1. The molecule has 0 aromatic heterocycles. The molecule has 116 valence electrons. The van der Waals surface area contributed by atoms with Gasteiger partial charge in [-0.1, -0.05) is 12.1 Å². The van der Waals surface area contributed by atoms with Gasteiger partial charge in [0, 0.05) is 12.0 Å². The summed E-state index contributed by atoms with van der Waals surface area (Å²) in [5.41, 5.74) is 1.11. The van der Waals surface area contributed by atoms with Crippen molar-refractivity contribution in [3.8, 4) is 6.07 Å². The lowest BCUT2D eigenvalue weighted by atomic mass is 10.0. The molecule has 0 saturated heterocycles. The maximum Gasteiger partial charge on any atom is 0.326 e. The molecule has 0 radical (unpaired) electrons. The first-order valence-corrected chi connectivity index (χ1v) is 6.78. The predicted octanol–water partition coefficient (Wildman–Crippen LogP) is 2.12. The van der Waals surface area contributed by atoms with Crippen molar-refractivity contribution in [3.05, 3.63) is 71.0 Å². The Bertz CT molecular complexity index is 766. The summed E-state index contributed by atoms with van der Waals surface area (Å²) < 4.78 is 13.2. The predicted molar refractivity (Wildman–Crippen MR) is 80.2 cm³/mol. The van der Waals surface area contributed by atoms with E-state index in [4.69, 9.17) is 5.26 Å². The summed E-state index contributed by atoms with van der Waals surface area (Å²) in [5.74, 6) is -2.25. The third-order valence-corrected chi connectivity index (χ3v) is 3.21. The van der Waals surface area contributed by atoms with Crippen molar-refractivity contribution >= 4 is 11.9 Å². The lowest BCUT2D eigenvalue weighted by molar-refractivity contribution is -0.139. The molecule has 2 aromatic rings. The van der Waals surface area contributed by atoms with Crippen LogP contribution in [0.4, 0.5) is 4.39 Å². The summed E-state index contributed by atoms with van der Waals surface area (Å²) in [4.78, 5) is 23.4. The number of benzene rings is 2. The van der Waals surface area contributed by atoms with E-state index in [1.54, 1.807) is 6.07 Å². The molecule has 0 aliphatic rings. The molecular formula is C17H13FN2O3. The van der Waals surface area contributed by atoms with Gasteiger partial charge in [-0.15, -0.1) is 0 Å². The van der Waals surface area contributed by atoms with Crippen molar-refractivity contribution < 1.29 is 19.1 Å². The Morgan fingerprint density at radius 3 is 2.48 bits per heavy atom. The van der Waals surface area contributed by atoms with E-state index < -0.39 is 23.7 Å². The van der Waals surface area contributed by atoms with Crippen molar-refractivity contribution in [2.75, 3.05) is 0 Å². The fraction of sp³-hybridized carbons (Fsp3) is 0.118. The van der Waals surface area contributed by atoms with E-state index in [-0.39, 0.29) is 12.0 Å². The summed E-state index contributed by atoms with van der Waals surface area (Å²) in [7, 11) is 0. The highest BCUT2D eigenvalue weighted by Crippen LogP contribution is 2.08. The van der Waals surface area contributed by atoms with Crippen molar-refractivity contribution in [1.82, 2.24) is 5.32 Å². The van der Waals surface area contributed by atoms with E-state index >= 15 is 0 Å². The summed E-state index contributed by atoms with van der Waals surface area (Å²) in [6, 6.07) is 12.1. The molecule has 0 bridgehead atoms. The van der Waals surface area contributed by atoms with E-state index in [1.165, 1.54) is 42.5 Å². The van der Waals surface area contributed by atoms with Crippen LogP contribution in [0, 0.1) is 17.1 Å². The Balaban J connectivity index is 2.11. The number of hydrogen-bond acceptors (Lipinski definition) is 3. The second-order valence-electron chi connectivity index (χ2n) is 4.89. The second-order valence-corrected chi connectivity index (χ2v) is 4.89. The normalized spacial score (nSPS) is 11.3. The molecule has 2 N–H and O–H groups in total. The van der Waals surface area contributed by atoms with Gasteiger partial charge in [-0.05, 0) is 42.0 Å². The van der Waals surface area contributed by atoms with Gasteiger partial charge in [-0.2, -0.15) is 5.26 Å². The van der Waals surface area contributed by atoms with Crippen molar-refractivity contribution in [1.29, 1.82) is 5.26 Å². The molecule has 23 heavy (non-hydrogen) atoms. The quantitative estimate of drug-likeness (QED) is 0.885. The molecule has 0 heterocycles. The first kappa shape index (κ1) is 16.2. The first-order chi connectivity index (χ1) is 11.0. The van der Waals surface area contributed by atoms with Crippen LogP contribution >= 0.6 is 0 Å². The van der Waals surface area contributed by atoms with Crippen LogP contribution < -0.4 is 5.32 Å². The Hall–Kier alpha value is -3.20. The van der Waals surface area contributed by atoms with Gasteiger partial charge in [0.2, 0.25) is 0 Å². The Labute approximate surface area is 132 Å². The average Bonchev–Trinajstić information content (AvgIpc) is 2.54. The molecule has 5 nitrogen and oxygen atoms in total. The molecule has 1 atom stereocenters. The number of amides is 1. The van der Waals surface area contributed by atoms with Crippen LogP contribution in [-0.2, 0) is 11.2 Å². The maximum absolute atomic E-state index is 13.2. The second kappa shape index (κ2) is 7.18. The lowest BCUT2D eigenvalue weighted by Crippen LogP contribution is -2.42. The number of aliphatic carboxylic acids is 1. The van der Waals surface area contributed by atoms with Gasteiger partial charge in [0.25, 0.3) is 5.91 Å². The van der Waals surface area contributed by atoms with Crippen LogP contribution in [0.15, 0.2) is 48.5 Å². The third-order valence-electron chi connectivity index (χ3n) is 3.21. The van der Waals surface area contributed by atoms with Crippen LogP contribution in [0.2, 0.25) is 0 Å². The highest BCUT2D eigenvalue weighted by molar-refractivity contribution is 5.96. The van der Waals surface area contributed by atoms with Gasteiger partial charge in [0.1, 0.15) is 11.9 Å². The molecule has 0 fully saturated rings. The molecule has 0 saturated carbocycles. The first-order valence-electron chi connectivity index (χ1n) is 6.78. The zero-order valence-corrected chi connectivity index (χ0v) is 12.0. The molecule has 0 aliphatic heterocycles. The zero-order chi connectivity index (χ0) is 16.8. The van der Waals surface area contributed by atoms with Crippen LogP contribution in [0.3, 0.4) is 0 Å². The van der Waals surface area contributed by atoms with Gasteiger partial charge >= 0.3 is 5.97 Å². The number of hydrogen-bond donors (Lipinski definition) is 2. The van der Waals surface area contributed by atoms with Gasteiger partial charge in [0.15, 0.2) is 0 Å². The number of nitrogens with zero attached hydrogens (tertiary/aromatic N) is 1. The number of nitrogens with one attached hydrogen (secondary N) is 1. The average molecular weight is 312 g/mol. The van der Waals surface area contributed by atoms with Crippen LogP contribution in [0.1, 0.15) is 21.5 Å². The summed E-state index contributed by atoms with van der Waals surface area (Å²) >= 11 is 0. The molecular weight excluding hydrogens is 299 g/mol. The van der Waals surface area contributed by atoms with Gasteiger partial charge < -0.3 is 10.4 Å². The minimum Gasteiger partial charge on any atom is -0.480 e. The lowest BCUT2D eigenvalue weighted by Gasteiger charge is -2.14. The summed E-state index contributed by atoms with van der Waals surface area (Å²) in [5, 5.41) is 20.3. The Kier molecular flexibility index (Phi) is 5.05. The van der Waals surface area contributed by atoms with E-state index in [1.807, 2.05) is 6.07 Å². The van der Waals surface area contributed by atoms with Crippen molar-refractivity contribution in [3.63, 3.8) is 0 Å². The molecule has 2 aromatic carbocycles. The number of carbonyl (C=O) groups excluding carboxylic acids is 1. The Morgan fingerprint density at radius 1 is 1.22 bits per heavy atom. The molecule has 1 amide bonds. The fourth-order valence-corrected chi connectivity index (χ4v) is 2.04. The summed E-state index contributed by atoms with van der Waals surface area (Å²) in [6.45, 7) is 0. The van der Waals surface area contributed by atoms with Crippen LogP contribution in [0.25, 0.3) is 0 Å². The van der Waals surface area contributed by atoms with Crippen LogP contribution in [-0.4, -0.2) is 23.0 Å². The maximum atomic E-state index is 13.2. The van der Waals surface area contributed by atoms with E-state index in [2.05, 4.69) is 5.32 Å². The number of nitriles is 1. The highest BCUT2D eigenvalue weighted by atomic mass is 19.1. The van der Waals surface area contributed by atoms with Crippen molar-refractivity contribution in [2.45, 2.75) is 12.5 Å². The number of carboxylic acid groups (broad SMARTS) is 1. The zero-order valence-electron chi connectivity index (χ0n) is 12.0. The minimum absolute atomic E-state index is 0.0326. The highest BCUT2D eigenvalue weighted by Gasteiger charge is 2.21. The SMILES string of the molecule is N#Cc1ccc(C(=O)N[C@H](Cc2cccc(F)c2)C(=O)O)cc1. The smallest absolute Gasteiger partial charge is 0.326 e. The number of rotatable bonds is 5. The van der Waals surface area contributed by atoms with E-state index in [0.717, 1.165) is 0 Å². The topological polar surface area (TPSA) is 90.2 Å². The number of carboxylic acids is 1. The van der Waals surface area contributed by atoms with Gasteiger partial charge in [0.05, 0.1) is 11.6 Å². The van der Waals surface area contributed by atoms with Gasteiger partial charge in [-0.3, -0.25) is 4.79 Å². The molecule has 0 unspecified atom stereocenters. The van der Waals surface area contributed by atoms with E-state index in [0.29, 0.717) is 11.1 Å². The largest absolute Gasteiger partial charge is 0.480 e. The standard InChI is InChI=1S/C17H13FN2O3/c18-14-3-1-2-12(8-14)9-15(17(22)23)20-16(21)13-6-4-11(10-19)5-7-13/h1-8,15H,9H2,(H,20,21)(H,22,23)/t15-/m1/s1. The number of carbonyl (C=O) groups is 2. The van der Waals surface area contributed by atoms with E-state index in [9.17, 15) is 19.1 Å². The van der Waals surface area contributed by atoms with Crippen LogP contribution in [0.5, 0.6) is 0 Å². The summed E-state index contributed by atoms with van der Waals surface area (Å²) in [6.07, 6.45) is -0.0326. The third kappa shape index (κ3) is 4.38. The fourth-order valence-electron chi connectivity index (χ4n) is 2.04. The molecule has 0 spiro atoms. The van der Waals surface area contributed by atoms with Gasteiger partial charge in [-0.25, -0.2) is 9.18 Å². The molecule has 6 heteroatoms.